The molecule has 0 aliphatic carbocycles. The van der Waals surface area contributed by atoms with Gasteiger partial charge in [0, 0.05) is 5.69 Å². The summed E-state index contributed by atoms with van der Waals surface area (Å²) in [6.45, 7) is 9.50. The van der Waals surface area contributed by atoms with Crippen molar-refractivity contribution in [3.63, 3.8) is 0 Å². The van der Waals surface area contributed by atoms with Crippen LogP contribution in [-0.2, 0) is 4.74 Å². The Labute approximate surface area is 116 Å². The molecule has 1 aromatic rings. The van der Waals surface area contributed by atoms with Gasteiger partial charge in [0.1, 0.15) is 0 Å². The molecule has 0 unspecified atom stereocenters. The van der Waals surface area contributed by atoms with Crippen LogP contribution in [0.2, 0.25) is 0 Å². The first-order valence-corrected chi connectivity index (χ1v) is 6.77. The molecule has 0 aliphatic heterocycles. The zero-order valence-corrected chi connectivity index (χ0v) is 12.3. The smallest absolute Gasteiger partial charge is 0.193 e. The van der Waals surface area contributed by atoms with Gasteiger partial charge in [-0.2, -0.15) is 0 Å². The number of rotatable bonds is 6. The lowest BCUT2D eigenvalue weighted by atomic mass is 10.0. The van der Waals surface area contributed by atoms with E-state index in [4.69, 9.17) is 10.5 Å². The van der Waals surface area contributed by atoms with E-state index in [-0.39, 0.29) is 6.10 Å². The first-order valence-electron chi connectivity index (χ1n) is 6.77. The summed E-state index contributed by atoms with van der Waals surface area (Å²) in [4.78, 5) is 4.22. The van der Waals surface area contributed by atoms with E-state index in [2.05, 4.69) is 36.3 Å². The molecule has 0 amide bonds. The molecular weight excluding hydrogens is 238 g/mol. The Morgan fingerprint density at radius 2 is 2.05 bits per heavy atom. The molecule has 4 heteroatoms. The standard InChI is InChI=1S/C15H25N3O/c1-11(2)13-6-5-7-14(10-13)18-15(16)17-8-9-19-12(3)4/h5-7,10-12H,8-9H2,1-4H3,(H3,16,17,18). The number of hydrogen-bond donors (Lipinski definition) is 2. The Morgan fingerprint density at radius 1 is 1.32 bits per heavy atom. The van der Waals surface area contributed by atoms with Crippen molar-refractivity contribution in [2.45, 2.75) is 39.7 Å². The minimum Gasteiger partial charge on any atom is -0.377 e. The second-order valence-electron chi connectivity index (χ2n) is 5.09. The number of benzene rings is 1. The van der Waals surface area contributed by atoms with Gasteiger partial charge in [-0.1, -0.05) is 26.0 Å². The summed E-state index contributed by atoms with van der Waals surface area (Å²) in [5, 5.41) is 3.10. The fourth-order valence-corrected chi connectivity index (χ4v) is 1.62. The number of nitrogens with two attached hydrogens (primary N) is 1. The van der Waals surface area contributed by atoms with Crippen LogP contribution >= 0.6 is 0 Å². The van der Waals surface area contributed by atoms with E-state index in [0.717, 1.165) is 5.69 Å². The number of guanidine groups is 1. The van der Waals surface area contributed by atoms with Crippen molar-refractivity contribution in [3.05, 3.63) is 29.8 Å². The molecule has 0 heterocycles. The predicted molar refractivity (Wildman–Crippen MR) is 81.7 cm³/mol. The molecule has 0 saturated heterocycles. The highest BCUT2D eigenvalue weighted by Gasteiger charge is 2.01. The van der Waals surface area contributed by atoms with Crippen LogP contribution in [0.3, 0.4) is 0 Å². The first-order chi connectivity index (χ1) is 8.99. The van der Waals surface area contributed by atoms with Crippen molar-refractivity contribution in [3.8, 4) is 0 Å². The van der Waals surface area contributed by atoms with Gasteiger partial charge in [0.2, 0.25) is 0 Å². The van der Waals surface area contributed by atoms with E-state index in [0.29, 0.717) is 25.0 Å². The quantitative estimate of drug-likeness (QED) is 0.471. The Kier molecular flexibility index (Phi) is 6.36. The van der Waals surface area contributed by atoms with Crippen LogP contribution in [0.4, 0.5) is 5.69 Å². The fourth-order valence-electron chi connectivity index (χ4n) is 1.62. The molecule has 1 rings (SSSR count). The average molecular weight is 263 g/mol. The van der Waals surface area contributed by atoms with Crippen LogP contribution < -0.4 is 11.1 Å². The van der Waals surface area contributed by atoms with Crippen molar-refractivity contribution < 1.29 is 4.74 Å². The average Bonchev–Trinajstić information content (AvgIpc) is 2.34. The maximum Gasteiger partial charge on any atom is 0.193 e. The molecule has 0 aliphatic rings. The van der Waals surface area contributed by atoms with E-state index < -0.39 is 0 Å². The van der Waals surface area contributed by atoms with E-state index >= 15 is 0 Å². The molecule has 0 atom stereocenters. The Hall–Kier alpha value is -1.55. The van der Waals surface area contributed by atoms with Gasteiger partial charge in [-0.3, -0.25) is 4.99 Å². The van der Waals surface area contributed by atoms with Crippen LogP contribution in [0.1, 0.15) is 39.2 Å². The number of nitrogens with zero attached hydrogens (tertiary/aromatic N) is 1. The molecule has 106 valence electrons. The lowest BCUT2D eigenvalue weighted by Crippen LogP contribution is -2.23. The van der Waals surface area contributed by atoms with Crippen LogP contribution in [0.15, 0.2) is 29.3 Å². The maximum absolute atomic E-state index is 5.83. The van der Waals surface area contributed by atoms with Crippen LogP contribution in [0.5, 0.6) is 0 Å². The SMILES string of the molecule is CC(C)OCCN=C(N)Nc1cccc(C(C)C)c1. The van der Waals surface area contributed by atoms with Gasteiger partial charge in [-0.25, -0.2) is 0 Å². The van der Waals surface area contributed by atoms with E-state index in [1.54, 1.807) is 0 Å². The van der Waals surface area contributed by atoms with Crippen LogP contribution in [0, 0.1) is 0 Å². The van der Waals surface area contributed by atoms with Crippen LogP contribution in [-0.4, -0.2) is 25.2 Å². The van der Waals surface area contributed by atoms with Crippen molar-refractivity contribution in [1.29, 1.82) is 0 Å². The lowest BCUT2D eigenvalue weighted by Gasteiger charge is -2.10. The molecular formula is C15H25N3O. The van der Waals surface area contributed by atoms with Gasteiger partial charge in [0.05, 0.1) is 19.3 Å². The molecule has 1 aromatic carbocycles. The summed E-state index contributed by atoms with van der Waals surface area (Å²) >= 11 is 0. The monoisotopic (exact) mass is 263 g/mol. The number of ether oxygens (including phenoxy) is 1. The molecule has 0 spiro atoms. The highest BCUT2D eigenvalue weighted by atomic mass is 16.5. The summed E-state index contributed by atoms with van der Waals surface area (Å²) in [6, 6.07) is 8.21. The normalized spacial score (nSPS) is 12.2. The minimum atomic E-state index is 0.229. The minimum absolute atomic E-state index is 0.229. The Bertz CT molecular complexity index is 414. The topological polar surface area (TPSA) is 59.6 Å². The zero-order valence-electron chi connectivity index (χ0n) is 12.3. The molecule has 0 fully saturated rings. The number of nitrogens with one attached hydrogen (secondary N) is 1. The molecule has 0 bridgehead atoms. The Morgan fingerprint density at radius 3 is 2.68 bits per heavy atom. The lowest BCUT2D eigenvalue weighted by molar-refractivity contribution is 0.0853. The second-order valence-corrected chi connectivity index (χ2v) is 5.09. The third-order valence-electron chi connectivity index (χ3n) is 2.65. The third-order valence-corrected chi connectivity index (χ3v) is 2.65. The number of aliphatic imine (C=N–C) groups is 1. The molecule has 0 radical (unpaired) electrons. The summed E-state index contributed by atoms with van der Waals surface area (Å²) in [7, 11) is 0. The van der Waals surface area contributed by atoms with Gasteiger partial charge < -0.3 is 15.8 Å². The predicted octanol–water partition coefficient (Wildman–Crippen LogP) is 2.96. The van der Waals surface area contributed by atoms with Gasteiger partial charge in [0.15, 0.2) is 5.96 Å². The van der Waals surface area contributed by atoms with Crippen LogP contribution in [0.25, 0.3) is 0 Å². The fraction of sp³-hybridized carbons (Fsp3) is 0.533. The summed E-state index contributed by atoms with van der Waals surface area (Å²) < 4.78 is 5.40. The molecule has 0 saturated carbocycles. The third kappa shape index (κ3) is 6.25. The number of anilines is 1. The van der Waals surface area contributed by atoms with E-state index in [1.165, 1.54) is 5.56 Å². The molecule has 4 nitrogen and oxygen atoms in total. The largest absolute Gasteiger partial charge is 0.377 e. The molecule has 0 aromatic heterocycles. The zero-order chi connectivity index (χ0) is 14.3. The summed E-state index contributed by atoms with van der Waals surface area (Å²) in [5.41, 5.74) is 8.08. The van der Waals surface area contributed by atoms with Gasteiger partial charge >= 0.3 is 0 Å². The summed E-state index contributed by atoms with van der Waals surface area (Å²) in [6.07, 6.45) is 0.229. The van der Waals surface area contributed by atoms with E-state index in [9.17, 15) is 0 Å². The Balaban J connectivity index is 2.49. The maximum atomic E-state index is 5.83. The summed E-state index contributed by atoms with van der Waals surface area (Å²) in [5.74, 6) is 0.924. The van der Waals surface area contributed by atoms with Crippen molar-refractivity contribution in [2.75, 3.05) is 18.5 Å². The van der Waals surface area contributed by atoms with Gasteiger partial charge in [-0.15, -0.1) is 0 Å². The second kappa shape index (κ2) is 7.79. The van der Waals surface area contributed by atoms with E-state index in [1.807, 2.05) is 26.0 Å². The van der Waals surface area contributed by atoms with Crippen molar-refractivity contribution >= 4 is 11.6 Å². The number of hydrogen-bond acceptors (Lipinski definition) is 2. The van der Waals surface area contributed by atoms with Gasteiger partial charge in [0.25, 0.3) is 0 Å². The highest BCUT2D eigenvalue weighted by molar-refractivity contribution is 5.92. The van der Waals surface area contributed by atoms with Crippen molar-refractivity contribution in [1.82, 2.24) is 0 Å². The molecule has 3 N–H and O–H groups in total. The van der Waals surface area contributed by atoms with Gasteiger partial charge in [-0.05, 0) is 37.5 Å². The van der Waals surface area contributed by atoms with Crippen molar-refractivity contribution in [2.24, 2.45) is 10.7 Å². The highest BCUT2D eigenvalue weighted by Crippen LogP contribution is 2.18. The first kappa shape index (κ1) is 15.5. The molecule has 19 heavy (non-hydrogen) atoms.